The summed E-state index contributed by atoms with van der Waals surface area (Å²) in [6.07, 6.45) is 3.36. The third kappa shape index (κ3) is 3.11. The van der Waals surface area contributed by atoms with Crippen LogP contribution in [0.4, 0.5) is 11.5 Å². The number of rotatable bonds is 3. The van der Waals surface area contributed by atoms with Crippen LogP contribution < -0.4 is 9.80 Å². The highest BCUT2D eigenvalue weighted by Gasteiger charge is 2.22. The van der Waals surface area contributed by atoms with E-state index in [1.807, 2.05) is 12.1 Å². The predicted molar refractivity (Wildman–Crippen MR) is 98.5 cm³/mol. The smallest absolute Gasteiger partial charge is 0.200 e. The molecule has 0 spiro atoms. The van der Waals surface area contributed by atoms with Crippen molar-refractivity contribution >= 4 is 28.8 Å². The summed E-state index contributed by atoms with van der Waals surface area (Å²) in [6, 6.07) is 6.00. The fraction of sp³-hybridized carbons (Fsp3) is 0.412. The maximum Gasteiger partial charge on any atom is 0.200 e. The van der Waals surface area contributed by atoms with Gasteiger partial charge in [0, 0.05) is 32.4 Å². The summed E-state index contributed by atoms with van der Waals surface area (Å²) in [6.45, 7) is 7.88. The second kappa shape index (κ2) is 6.48. The van der Waals surface area contributed by atoms with Gasteiger partial charge in [0.05, 0.1) is 16.4 Å². The Morgan fingerprint density at radius 1 is 1.08 bits per heavy atom. The summed E-state index contributed by atoms with van der Waals surface area (Å²) in [4.78, 5) is 9.05. The van der Waals surface area contributed by atoms with Gasteiger partial charge in [-0.2, -0.15) is 9.61 Å². The summed E-state index contributed by atoms with van der Waals surface area (Å²) in [5.74, 6) is 1.32. The lowest BCUT2D eigenvalue weighted by Crippen LogP contribution is -2.47. The normalized spacial score (nSPS) is 15.4. The van der Waals surface area contributed by atoms with Crippen molar-refractivity contribution in [3.63, 3.8) is 0 Å². The lowest BCUT2D eigenvalue weighted by Gasteiger charge is -2.36. The Morgan fingerprint density at radius 2 is 1.84 bits per heavy atom. The summed E-state index contributed by atoms with van der Waals surface area (Å²) in [5.41, 5.74) is 2.95. The first kappa shape index (κ1) is 16.1. The number of aromatic nitrogens is 5. The summed E-state index contributed by atoms with van der Waals surface area (Å²) >= 11 is 5.93. The highest BCUT2D eigenvalue weighted by atomic mass is 35.5. The zero-order valence-corrected chi connectivity index (χ0v) is 15.1. The Hall–Kier alpha value is -2.41. The van der Waals surface area contributed by atoms with Crippen LogP contribution in [-0.2, 0) is 0 Å². The minimum Gasteiger partial charge on any atom is -0.365 e. The SMILES string of the molecule is CC(C)c1cc(N2CCN(c3ccc(Cl)cn3)CC2)c2nncn2n1. The third-order valence-electron chi connectivity index (χ3n) is 4.52. The molecular formula is C17H20ClN7. The van der Waals surface area contributed by atoms with E-state index in [2.05, 4.69) is 50.0 Å². The molecule has 0 aromatic carbocycles. The van der Waals surface area contributed by atoms with Crippen LogP contribution in [-0.4, -0.2) is 51.0 Å². The molecule has 3 aromatic rings. The van der Waals surface area contributed by atoms with Gasteiger partial charge in [-0.3, -0.25) is 0 Å². The number of hydrogen-bond donors (Lipinski definition) is 0. The fourth-order valence-electron chi connectivity index (χ4n) is 3.08. The number of fused-ring (bicyclic) bond motifs is 1. The maximum absolute atomic E-state index is 5.93. The van der Waals surface area contributed by atoms with Crippen LogP contribution >= 0.6 is 11.6 Å². The van der Waals surface area contributed by atoms with Gasteiger partial charge >= 0.3 is 0 Å². The van der Waals surface area contributed by atoms with Crippen molar-refractivity contribution in [2.24, 2.45) is 0 Å². The number of pyridine rings is 1. The molecule has 0 aliphatic carbocycles. The van der Waals surface area contributed by atoms with Gasteiger partial charge in [0.2, 0.25) is 5.65 Å². The molecule has 0 bridgehead atoms. The largest absolute Gasteiger partial charge is 0.365 e. The monoisotopic (exact) mass is 357 g/mol. The molecule has 1 saturated heterocycles. The highest BCUT2D eigenvalue weighted by Crippen LogP contribution is 2.26. The van der Waals surface area contributed by atoms with Crippen molar-refractivity contribution in [2.45, 2.75) is 19.8 Å². The van der Waals surface area contributed by atoms with Crippen LogP contribution in [0.3, 0.4) is 0 Å². The predicted octanol–water partition coefficient (Wildman–Crippen LogP) is 2.62. The number of piperazine rings is 1. The quantitative estimate of drug-likeness (QED) is 0.718. The Balaban J connectivity index is 1.57. The van der Waals surface area contributed by atoms with Crippen LogP contribution in [0.25, 0.3) is 5.65 Å². The van der Waals surface area contributed by atoms with Crippen LogP contribution in [0.2, 0.25) is 5.02 Å². The van der Waals surface area contributed by atoms with Crippen molar-refractivity contribution in [1.82, 2.24) is 24.8 Å². The summed E-state index contributed by atoms with van der Waals surface area (Å²) in [7, 11) is 0. The number of anilines is 2. The Bertz CT molecular complexity index is 866. The molecule has 1 fully saturated rings. The van der Waals surface area contributed by atoms with E-state index in [1.165, 1.54) is 0 Å². The minimum atomic E-state index is 0.352. The van der Waals surface area contributed by atoms with E-state index in [0.717, 1.165) is 49.0 Å². The molecule has 3 aromatic heterocycles. The average Bonchev–Trinajstić information content (AvgIpc) is 3.10. The molecule has 4 heterocycles. The zero-order chi connectivity index (χ0) is 17.4. The molecule has 1 aliphatic heterocycles. The number of halogens is 1. The molecule has 0 atom stereocenters. The van der Waals surface area contributed by atoms with Crippen LogP contribution in [0.5, 0.6) is 0 Å². The molecule has 0 N–H and O–H groups in total. The molecule has 130 valence electrons. The molecule has 1 aliphatic rings. The Labute approximate surface area is 151 Å². The van der Waals surface area contributed by atoms with Gasteiger partial charge in [-0.25, -0.2) is 4.98 Å². The van der Waals surface area contributed by atoms with E-state index in [0.29, 0.717) is 10.9 Å². The summed E-state index contributed by atoms with van der Waals surface area (Å²) < 4.78 is 1.78. The van der Waals surface area contributed by atoms with Crippen molar-refractivity contribution in [2.75, 3.05) is 36.0 Å². The maximum atomic E-state index is 5.93. The van der Waals surface area contributed by atoms with E-state index >= 15 is 0 Å². The second-order valence-corrected chi connectivity index (χ2v) is 6.95. The third-order valence-corrected chi connectivity index (χ3v) is 4.74. The van der Waals surface area contributed by atoms with E-state index in [1.54, 1.807) is 17.0 Å². The topological polar surface area (TPSA) is 62.5 Å². The van der Waals surface area contributed by atoms with Gasteiger partial charge in [0.15, 0.2) is 0 Å². The van der Waals surface area contributed by atoms with Gasteiger partial charge in [0.1, 0.15) is 12.1 Å². The lowest BCUT2D eigenvalue weighted by molar-refractivity contribution is 0.644. The molecule has 0 saturated carbocycles. The summed E-state index contributed by atoms with van der Waals surface area (Å²) in [5, 5.41) is 13.5. The van der Waals surface area contributed by atoms with Crippen LogP contribution in [0.15, 0.2) is 30.7 Å². The first-order chi connectivity index (χ1) is 12.1. The number of nitrogens with zero attached hydrogens (tertiary/aromatic N) is 7. The number of hydrogen-bond acceptors (Lipinski definition) is 6. The van der Waals surface area contributed by atoms with E-state index in [4.69, 9.17) is 11.6 Å². The first-order valence-corrected chi connectivity index (χ1v) is 8.82. The van der Waals surface area contributed by atoms with Gasteiger partial charge in [-0.15, -0.1) is 10.2 Å². The first-order valence-electron chi connectivity index (χ1n) is 8.44. The molecule has 25 heavy (non-hydrogen) atoms. The van der Waals surface area contributed by atoms with Gasteiger partial charge < -0.3 is 9.80 Å². The van der Waals surface area contributed by atoms with Crippen LogP contribution in [0, 0.1) is 0 Å². The van der Waals surface area contributed by atoms with E-state index < -0.39 is 0 Å². The minimum absolute atomic E-state index is 0.352. The highest BCUT2D eigenvalue weighted by molar-refractivity contribution is 6.30. The Kier molecular flexibility index (Phi) is 4.17. The lowest BCUT2D eigenvalue weighted by atomic mass is 10.1. The average molecular weight is 358 g/mol. The van der Waals surface area contributed by atoms with Crippen molar-refractivity contribution in [1.29, 1.82) is 0 Å². The molecule has 8 heteroatoms. The van der Waals surface area contributed by atoms with Crippen molar-refractivity contribution in [3.05, 3.63) is 41.4 Å². The molecule has 0 radical (unpaired) electrons. The molecule has 4 rings (SSSR count). The molecule has 0 unspecified atom stereocenters. The molecule has 7 nitrogen and oxygen atoms in total. The van der Waals surface area contributed by atoms with E-state index in [9.17, 15) is 0 Å². The van der Waals surface area contributed by atoms with Gasteiger partial charge in [-0.05, 0) is 24.1 Å². The van der Waals surface area contributed by atoms with Gasteiger partial charge in [0.25, 0.3) is 0 Å². The van der Waals surface area contributed by atoms with Crippen molar-refractivity contribution < 1.29 is 0 Å². The Morgan fingerprint density at radius 3 is 2.52 bits per heavy atom. The van der Waals surface area contributed by atoms with E-state index in [-0.39, 0.29) is 0 Å². The molecule has 0 amide bonds. The zero-order valence-electron chi connectivity index (χ0n) is 14.3. The molecular weight excluding hydrogens is 338 g/mol. The second-order valence-electron chi connectivity index (χ2n) is 6.52. The van der Waals surface area contributed by atoms with Crippen molar-refractivity contribution in [3.8, 4) is 0 Å². The van der Waals surface area contributed by atoms with Crippen LogP contribution in [0.1, 0.15) is 25.5 Å². The van der Waals surface area contributed by atoms with Gasteiger partial charge in [-0.1, -0.05) is 25.4 Å². The fourth-order valence-corrected chi connectivity index (χ4v) is 3.19. The standard InChI is InChI=1S/C17H20ClN7/c1-12(2)14-9-15(17-21-20-11-25(17)22-14)23-5-7-24(8-6-23)16-4-3-13(18)10-19-16/h3-4,9-12H,5-8H2,1-2H3.